The Labute approximate surface area is 155 Å². The summed E-state index contributed by atoms with van der Waals surface area (Å²) in [6.45, 7) is 4.20. The first-order valence-corrected chi connectivity index (χ1v) is 7.94. The van der Waals surface area contributed by atoms with Crippen molar-refractivity contribution in [1.82, 2.24) is 9.80 Å². The molecule has 2 rings (SSSR count). The van der Waals surface area contributed by atoms with E-state index in [1.807, 2.05) is 25.9 Å². The molecule has 142 valence electrons. The van der Waals surface area contributed by atoms with Crippen LogP contribution in [0.25, 0.3) is 0 Å². The average molecular weight is 375 g/mol. The maximum Gasteiger partial charge on any atom is 0.254 e. The fourth-order valence-corrected chi connectivity index (χ4v) is 2.34. The zero-order valence-electron chi connectivity index (χ0n) is 15.4. The Morgan fingerprint density at radius 3 is 2.12 bits per heavy atom. The molecule has 1 atom stereocenters. The molecular formula is C17H27ClN2O5. The largest absolute Gasteiger partial charge is 0.493 e. The number of rotatable bonds is 6. The molecule has 0 N–H and O–H groups in total. The summed E-state index contributed by atoms with van der Waals surface area (Å²) < 4.78 is 22.1. The van der Waals surface area contributed by atoms with Crippen LogP contribution in [0.15, 0.2) is 12.1 Å². The molecule has 1 saturated heterocycles. The van der Waals surface area contributed by atoms with Crippen molar-refractivity contribution in [1.29, 1.82) is 0 Å². The third-order valence-electron chi connectivity index (χ3n) is 4.02. The van der Waals surface area contributed by atoms with E-state index in [2.05, 4.69) is 0 Å². The maximum atomic E-state index is 12.7. The molecular weight excluding hydrogens is 348 g/mol. The molecule has 1 unspecified atom stereocenters. The van der Waals surface area contributed by atoms with Crippen LogP contribution in [0, 0.1) is 0 Å². The molecule has 25 heavy (non-hydrogen) atoms. The van der Waals surface area contributed by atoms with E-state index in [9.17, 15) is 4.79 Å². The fraction of sp³-hybridized carbons (Fsp3) is 0.588. The van der Waals surface area contributed by atoms with E-state index in [1.54, 1.807) is 31.3 Å². The molecule has 7 nitrogen and oxygen atoms in total. The highest BCUT2D eigenvalue weighted by Gasteiger charge is 2.24. The number of nitrogens with zero attached hydrogens (tertiary/aromatic N) is 2. The van der Waals surface area contributed by atoms with Gasteiger partial charge in [0.1, 0.15) is 6.23 Å². The normalized spacial score (nSPS) is 15.4. The minimum Gasteiger partial charge on any atom is -0.493 e. The Kier molecular flexibility index (Phi) is 8.28. The van der Waals surface area contributed by atoms with Crippen LogP contribution in [0.1, 0.15) is 17.3 Å². The van der Waals surface area contributed by atoms with Crippen molar-refractivity contribution in [3.63, 3.8) is 0 Å². The predicted molar refractivity (Wildman–Crippen MR) is 97.3 cm³/mol. The molecule has 0 saturated carbocycles. The van der Waals surface area contributed by atoms with E-state index < -0.39 is 0 Å². The quantitative estimate of drug-likeness (QED) is 0.709. The summed E-state index contributed by atoms with van der Waals surface area (Å²) in [5, 5.41) is 0. The highest BCUT2D eigenvalue weighted by atomic mass is 35.5. The number of ether oxygens (including phenoxy) is 4. The van der Waals surface area contributed by atoms with Crippen LogP contribution in [0.3, 0.4) is 0 Å². The number of morpholine rings is 1. The van der Waals surface area contributed by atoms with Crippen molar-refractivity contribution < 1.29 is 23.7 Å². The molecule has 1 heterocycles. The molecule has 1 fully saturated rings. The lowest BCUT2D eigenvalue weighted by molar-refractivity contribution is 0.0302. The first-order valence-electron chi connectivity index (χ1n) is 7.94. The Morgan fingerprint density at radius 2 is 1.68 bits per heavy atom. The molecule has 1 aliphatic heterocycles. The van der Waals surface area contributed by atoms with Crippen LogP contribution in [-0.4, -0.2) is 76.6 Å². The Balaban J connectivity index is 0.00000312. The average Bonchev–Trinajstić information content (AvgIpc) is 2.61. The number of hydrogen-bond acceptors (Lipinski definition) is 6. The molecule has 0 radical (unpaired) electrons. The van der Waals surface area contributed by atoms with Crippen molar-refractivity contribution in [2.75, 3.05) is 54.6 Å². The molecule has 8 heteroatoms. The van der Waals surface area contributed by atoms with Gasteiger partial charge in [-0.1, -0.05) is 0 Å². The van der Waals surface area contributed by atoms with Crippen LogP contribution >= 0.6 is 12.4 Å². The highest BCUT2D eigenvalue weighted by molar-refractivity contribution is 5.95. The summed E-state index contributed by atoms with van der Waals surface area (Å²) in [4.78, 5) is 16.4. The minimum atomic E-state index is -0.173. The van der Waals surface area contributed by atoms with Crippen molar-refractivity contribution in [2.24, 2.45) is 0 Å². The smallest absolute Gasteiger partial charge is 0.254 e. The van der Waals surface area contributed by atoms with Crippen molar-refractivity contribution >= 4 is 18.3 Å². The van der Waals surface area contributed by atoms with Gasteiger partial charge in [0.2, 0.25) is 5.75 Å². The van der Waals surface area contributed by atoms with Gasteiger partial charge in [-0.15, -0.1) is 12.4 Å². The summed E-state index contributed by atoms with van der Waals surface area (Å²) in [6, 6.07) is 3.38. The van der Waals surface area contributed by atoms with Crippen LogP contribution in [0.2, 0.25) is 0 Å². The van der Waals surface area contributed by atoms with E-state index >= 15 is 0 Å². The molecule has 1 aromatic rings. The van der Waals surface area contributed by atoms with Crippen LogP contribution in [-0.2, 0) is 4.74 Å². The zero-order valence-corrected chi connectivity index (χ0v) is 16.2. The Hall–Kier alpha value is -1.70. The van der Waals surface area contributed by atoms with E-state index in [1.165, 1.54) is 0 Å². The minimum absolute atomic E-state index is 0. The number of hydrogen-bond donors (Lipinski definition) is 0. The van der Waals surface area contributed by atoms with Gasteiger partial charge in [0.15, 0.2) is 11.5 Å². The summed E-state index contributed by atoms with van der Waals surface area (Å²) in [5.41, 5.74) is 0.510. The summed E-state index contributed by atoms with van der Waals surface area (Å²) in [6.07, 6.45) is -0.173. The van der Waals surface area contributed by atoms with Gasteiger partial charge in [0.05, 0.1) is 27.4 Å². The van der Waals surface area contributed by atoms with Gasteiger partial charge in [-0.2, -0.15) is 0 Å². The Bertz CT molecular complexity index is 551. The lowest BCUT2D eigenvalue weighted by Crippen LogP contribution is -2.40. The van der Waals surface area contributed by atoms with Gasteiger partial charge < -0.3 is 23.8 Å². The SMILES string of the molecule is COc1cc(C(=O)N2CCOCC2)cc(OC)c1OC(C)N(C)C.Cl. The maximum absolute atomic E-state index is 12.7. The molecule has 0 aromatic heterocycles. The molecule has 0 bridgehead atoms. The second kappa shape index (κ2) is 9.70. The second-order valence-electron chi connectivity index (χ2n) is 5.80. The zero-order chi connectivity index (χ0) is 17.7. The predicted octanol–water partition coefficient (Wildman–Crippen LogP) is 1.88. The number of amides is 1. The number of halogens is 1. The van der Waals surface area contributed by atoms with Gasteiger partial charge in [0, 0.05) is 18.7 Å². The highest BCUT2D eigenvalue weighted by Crippen LogP contribution is 2.39. The molecule has 0 spiro atoms. The molecule has 0 aliphatic carbocycles. The van der Waals surface area contributed by atoms with Crippen molar-refractivity contribution in [2.45, 2.75) is 13.2 Å². The molecule has 1 aromatic carbocycles. The number of carbonyl (C=O) groups is 1. The van der Waals surface area contributed by atoms with Crippen LogP contribution in [0.5, 0.6) is 17.2 Å². The van der Waals surface area contributed by atoms with E-state index in [-0.39, 0.29) is 24.5 Å². The summed E-state index contributed by atoms with van der Waals surface area (Å²) in [5.74, 6) is 1.36. The lowest BCUT2D eigenvalue weighted by atomic mass is 10.1. The second-order valence-corrected chi connectivity index (χ2v) is 5.80. The van der Waals surface area contributed by atoms with E-state index in [4.69, 9.17) is 18.9 Å². The van der Waals surface area contributed by atoms with Gasteiger partial charge in [-0.3, -0.25) is 9.69 Å². The van der Waals surface area contributed by atoms with E-state index in [0.717, 1.165) is 0 Å². The number of methoxy groups -OCH3 is 2. The first kappa shape index (κ1) is 21.3. The van der Waals surface area contributed by atoms with Crippen LogP contribution in [0.4, 0.5) is 0 Å². The standard InChI is InChI=1S/C17H26N2O5.ClH/c1-12(18(2)3)24-16-14(21-4)10-13(11-15(16)22-5)17(20)19-6-8-23-9-7-19;/h10-12H,6-9H2,1-5H3;1H. The molecule has 1 aliphatic rings. The van der Waals surface area contributed by atoms with Gasteiger partial charge >= 0.3 is 0 Å². The monoisotopic (exact) mass is 374 g/mol. The fourth-order valence-electron chi connectivity index (χ4n) is 2.34. The Morgan fingerprint density at radius 1 is 1.16 bits per heavy atom. The number of carbonyl (C=O) groups excluding carboxylic acids is 1. The third-order valence-corrected chi connectivity index (χ3v) is 4.02. The van der Waals surface area contributed by atoms with E-state index in [0.29, 0.717) is 49.1 Å². The summed E-state index contributed by atoms with van der Waals surface area (Å²) >= 11 is 0. The van der Waals surface area contributed by atoms with Crippen molar-refractivity contribution in [3.8, 4) is 17.2 Å². The molecule has 1 amide bonds. The van der Waals surface area contributed by atoms with Crippen LogP contribution < -0.4 is 14.2 Å². The topological polar surface area (TPSA) is 60.5 Å². The van der Waals surface area contributed by atoms with Gasteiger partial charge in [-0.05, 0) is 33.2 Å². The lowest BCUT2D eigenvalue weighted by Gasteiger charge is -2.28. The first-order chi connectivity index (χ1) is 11.5. The number of benzene rings is 1. The van der Waals surface area contributed by atoms with Gasteiger partial charge in [-0.25, -0.2) is 0 Å². The van der Waals surface area contributed by atoms with Gasteiger partial charge in [0.25, 0.3) is 5.91 Å². The van der Waals surface area contributed by atoms with Crippen molar-refractivity contribution in [3.05, 3.63) is 17.7 Å². The third kappa shape index (κ3) is 5.14. The summed E-state index contributed by atoms with van der Waals surface area (Å²) in [7, 11) is 6.93.